The van der Waals surface area contributed by atoms with Crippen molar-refractivity contribution < 1.29 is 23.9 Å². The van der Waals surface area contributed by atoms with Crippen LogP contribution in [-0.2, 0) is 13.9 Å². The second-order valence-electron chi connectivity index (χ2n) is 2.55. The number of carboxylic acid groups (broad SMARTS) is 1. The number of halogens is 1. The average Bonchev–Trinajstić information content (AvgIpc) is 1.99. The number of aliphatic carboxylic acids is 1. The van der Waals surface area contributed by atoms with Gasteiger partial charge in [0.15, 0.2) is 0 Å². The molecule has 3 atom stereocenters. The van der Waals surface area contributed by atoms with Crippen LogP contribution in [0.3, 0.4) is 0 Å². The second-order valence-corrected chi connectivity index (χ2v) is 4.75. The lowest BCUT2D eigenvalue weighted by atomic mass is 10.3. The normalized spacial score (nSPS) is 18.9. The van der Waals surface area contributed by atoms with Gasteiger partial charge in [-0.3, -0.25) is 9.36 Å². The maximum absolute atomic E-state index is 11.0. The predicted octanol–water partition coefficient (Wildman–Crippen LogP) is -0.673. The molecule has 9 heteroatoms. The summed E-state index contributed by atoms with van der Waals surface area (Å²) in [6.45, 7) is 0.748. The average molecular weight is 249 g/mol. The van der Waals surface area contributed by atoms with Crippen molar-refractivity contribution in [2.75, 3.05) is 6.61 Å². The van der Waals surface area contributed by atoms with Gasteiger partial charge in [-0.2, -0.15) is 0 Å². The van der Waals surface area contributed by atoms with E-state index in [9.17, 15) is 9.36 Å². The molecule has 0 saturated carbocycles. The summed E-state index contributed by atoms with van der Waals surface area (Å²) in [4.78, 5) is 19.2. The zero-order valence-corrected chi connectivity index (χ0v) is 9.20. The van der Waals surface area contributed by atoms with Crippen LogP contribution in [-0.4, -0.2) is 34.4 Å². The van der Waals surface area contributed by atoms with Crippen molar-refractivity contribution in [2.45, 2.75) is 18.7 Å². The number of carbonyl (C=O) groups is 1. The molecule has 0 aromatic carbocycles. The molecule has 0 aliphatic rings. The van der Waals surface area contributed by atoms with E-state index in [1.54, 1.807) is 0 Å². The molecule has 86 valence electrons. The summed E-state index contributed by atoms with van der Waals surface area (Å²) in [7, 11) is -3.92. The lowest BCUT2D eigenvalue weighted by Gasteiger charge is -2.16. The molecule has 0 aliphatic carbocycles. The molecule has 0 aromatic rings. The topological polar surface area (TPSA) is 136 Å². The lowest BCUT2D eigenvalue weighted by Crippen LogP contribution is -2.35. The lowest BCUT2D eigenvalue weighted by molar-refractivity contribution is -0.139. The van der Waals surface area contributed by atoms with Gasteiger partial charge >= 0.3 is 13.6 Å². The van der Waals surface area contributed by atoms with Gasteiger partial charge in [0.1, 0.15) is 11.8 Å². The minimum atomic E-state index is -3.92. The largest absolute Gasteiger partial charge is 0.480 e. The first-order valence-electron chi connectivity index (χ1n) is 3.48. The van der Waals surface area contributed by atoms with Gasteiger partial charge in [-0.15, -0.1) is 12.4 Å². The van der Waals surface area contributed by atoms with E-state index >= 15 is 0 Å². The minimum absolute atomic E-state index is 0. The molecule has 14 heavy (non-hydrogen) atoms. The first-order valence-corrected chi connectivity index (χ1v) is 5.13. The van der Waals surface area contributed by atoms with Gasteiger partial charge in [-0.25, -0.2) is 0 Å². The van der Waals surface area contributed by atoms with Crippen molar-refractivity contribution in [1.29, 1.82) is 0 Å². The molecule has 0 bridgehead atoms. The van der Waals surface area contributed by atoms with Crippen molar-refractivity contribution in [3.63, 3.8) is 0 Å². The molecule has 0 radical (unpaired) electrons. The fourth-order valence-electron chi connectivity index (χ4n) is 0.376. The van der Waals surface area contributed by atoms with E-state index in [-0.39, 0.29) is 12.4 Å². The number of carboxylic acids is 1. The first-order chi connectivity index (χ1) is 5.77. The van der Waals surface area contributed by atoms with E-state index in [0.29, 0.717) is 0 Å². The highest BCUT2D eigenvalue weighted by Gasteiger charge is 2.27. The summed E-state index contributed by atoms with van der Waals surface area (Å²) in [6.07, 6.45) is 0. The van der Waals surface area contributed by atoms with Crippen LogP contribution < -0.4 is 11.5 Å². The monoisotopic (exact) mass is 248 g/mol. The third-order valence-corrected chi connectivity index (χ3v) is 2.82. The molecular formula is C5H14ClN2O5P. The van der Waals surface area contributed by atoms with Gasteiger partial charge in [0.25, 0.3) is 0 Å². The van der Waals surface area contributed by atoms with Gasteiger partial charge in [0.05, 0.1) is 6.61 Å². The number of hydrogen-bond donors (Lipinski definition) is 4. The molecule has 2 unspecified atom stereocenters. The van der Waals surface area contributed by atoms with Gasteiger partial charge in [-0.1, -0.05) is 0 Å². The predicted molar refractivity (Wildman–Crippen MR) is 52.3 cm³/mol. The molecule has 0 heterocycles. The van der Waals surface area contributed by atoms with Crippen LogP contribution in [0.1, 0.15) is 6.92 Å². The summed E-state index contributed by atoms with van der Waals surface area (Å²) in [5, 5.41) is 8.31. The molecule has 0 aromatic heterocycles. The van der Waals surface area contributed by atoms with E-state index in [1.807, 2.05) is 0 Å². The summed E-state index contributed by atoms with van der Waals surface area (Å²) >= 11 is 0. The van der Waals surface area contributed by atoms with E-state index in [4.69, 9.17) is 21.5 Å². The van der Waals surface area contributed by atoms with Crippen LogP contribution >= 0.6 is 20.0 Å². The van der Waals surface area contributed by atoms with Crippen LogP contribution in [0.4, 0.5) is 0 Å². The van der Waals surface area contributed by atoms with Crippen LogP contribution in [0.25, 0.3) is 0 Å². The molecule has 0 fully saturated rings. The molecule has 0 amide bonds. The third kappa shape index (κ3) is 5.54. The van der Waals surface area contributed by atoms with Crippen LogP contribution in [0.2, 0.25) is 0 Å². The number of nitrogens with two attached hydrogens (primary N) is 2. The van der Waals surface area contributed by atoms with Crippen molar-refractivity contribution >= 4 is 26.0 Å². The Morgan fingerprint density at radius 3 is 2.29 bits per heavy atom. The van der Waals surface area contributed by atoms with Crippen molar-refractivity contribution in [3.05, 3.63) is 0 Å². The van der Waals surface area contributed by atoms with Gasteiger partial charge in [-0.05, 0) is 6.92 Å². The molecular weight excluding hydrogens is 234 g/mol. The maximum Gasteiger partial charge on any atom is 0.344 e. The van der Waals surface area contributed by atoms with Gasteiger partial charge < -0.3 is 26.0 Å². The standard InChI is InChI=1S/C5H13N2O5P.ClH/c1-3(6)13(10,11)12-2-4(7)5(8)9;/h3-4H,2,6-7H2,1H3,(H,8,9)(H,10,11);1H/t3?,4-;/m1./s1. The van der Waals surface area contributed by atoms with Crippen LogP contribution in [0.5, 0.6) is 0 Å². The van der Waals surface area contributed by atoms with Crippen molar-refractivity contribution in [2.24, 2.45) is 11.5 Å². The Labute approximate surface area is 87.4 Å². The fraction of sp³-hybridized carbons (Fsp3) is 0.800. The second kappa shape index (κ2) is 6.34. The Morgan fingerprint density at radius 1 is 1.57 bits per heavy atom. The van der Waals surface area contributed by atoms with E-state index in [0.717, 1.165) is 0 Å². The van der Waals surface area contributed by atoms with E-state index < -0.39 is 32.0 Å². The highest BCUT2D eigenvalue weighted by atomic mass is 35.5. The zero-order chi connectivity index (χ0) is 10.6. The molecule has 0 rings (SSSR count). The molecule has 7 nitrogen and oxygen atoms in total. The Morgan fingerprint density at radius 2 is 2.00 bits per heavy atom. The van der Waals surface area contributed by atoms with Crippen LogP contribution in [0, 0.1) is 0 Å². The quantitative estimate of drug-likeness (QED) is 0.474. The summed E-state index contributed by atoms with van der Waals surface area (Å²) < 4.78 is 15.4. The summed E-state index contributed by atoms with van der Waals surface area (Å²) in [6, 6.07) is -1.32. The third-order valence-electron chi connectivity index (χ3n) is 1.27. The Balaban J connectivity index is 0. The van der Waals surface area contributed by atoms with E-state index in [1.165, 1.54) is 6.92 Å². The number of hydrogen-bond acceptors (Lipinski definition) is 5. The first kappa shape index (κ1) is 16.3. The Kier molecular flexibility index (Phi) is 7.37. The van der Waals surface area contributed by atoms with Gasteiger partial charge in [0, 0.05) is 0 Å². The molecule has 0 aliphatic heterocycles. The molecule has 0 saturated heterocycles. The molecule has 0 spiro atoms. The van der Waals surface area contributed by atoms with E-state index in [2.05, 4.69) is 4.52 Å². The van der Waals surface area contributed by atoms with Crippen molar-refractivity contribution in [1.82, 2.24) is 0 Å². The van der Waals surface area contributed by atoms with Gasteiger partial charge in [0.2, 0.25) is 0 Å². The number of rotatable bonds is 5. The Hall–Kier alpha value is -0.170. The van der Waals surface area contributed by atoms with Crippen LogP contribution in [0.15, 0.2) is 0 Å². The highest BCUT2D eigenvalue weighted by molar-refractivity contribution is 7.53. The summed E-state index contributed by atoms with van der Waals surface area (Å²) in [5.74, 6) is -2.36. The smallest absolute Gasteiger partial charge is 0.344 e. The SMILES string of the molecule is CC(N)P(=O)(O)OC[C@@H](N)C(=O)O.Cl. The summed E-state index contributed by atoms with van der Waals surface area (Å²) in [5.41, 5.74) is 10.1. The molecule has 6 N–H and O–H groups in total. The minimum Gasteiger partial charge on any atom is -0.480 e. The highest BCUT2D eigenvalue weighted by Crippen LogP contribution is 2.44. The zero-order valence-electron chi connectivity index (χ0n) is 7.49. The fourth-order valence-corrected chi connectivity index (χ4v) is 0.985. The Bertz CT molecular complexity index is 236. The maximum atomic E-state index is 11.0. The van der Waals surface area contributed by atoms with Crippen molar-refractivity contribution in [3.8, 4) is 0 Å².